The highest BCUT2D eigenvalue weighted by atomic mass is 79.9. The second-order valence-electron chi connectivity index (χ2n) is 4.42. The first kappa shape index (κ1) is 16.5. The Hall–Kier alpha value is -1.91. The zero-order valence-electron chi connectivity index (χ0n) is 11.5. The number of halogens is 2. The van der Waals surface area contributed by atoms with Crippen molar-refractivity contribution in [1.29, 1.82) is 0 Å². The molecule has 2 rings (SSSR count). The Morgan fingerprint density at radius 2 is 1.68 bits per heavy atom. The molecule has 0 radical (unpaired) electrons. The summed E-state index contributed by atoms with van der Waals surface area (Å²) in [5.41, 5.74) is 1.32. The highest BCUT2D eigenvalue weighted by Gasteiger charge is 2.08. The number of hydrogen-bond donors (Lipinski definition) is 0. The third-order valence-corrected chi connectivity index (χ3v) is 3.57. The summed E-state index contributed by atoms with van der Waals surface area (Å²) in [5, 5.41) is 0.625. The summed E-state index contributed by atoms with van der Waals surface area (Å²) in [4.78, 5) is 23.4. The van der Waals surface area contributed by atoms with Crippen LogP contribution in [0.2, 0.25) is 5.02 Å². The lowest BCUT2D eigenvalue weighted by Gasteiger charge is -2.02. The van der Waals surface area contributed by atoms with Crippen molar-refractivity contribution in [3.63, 3.8) is 0 Å². The van der Waals surface area contributed by atoms with Crippen LogP contribution in [0.4, 0.5) is 0 Å². The number of ketones is 1. The molecule has 0 fully saturated rings. The number of hydrogen-bond acceptors (Lipinski definition) is 3. The van der Waals surface area contributed by atoms with Crippen molar-refractivity contribution in [2.24, 2.45) is 0 Å². The first-order valence-electron chi connectivity index (χ1n) is 6.44. The minimum Gasteiger partial charge on any atom is -0.454 e. The molecular weight excluding hydrogens is 368 g/mol. The molecule has 0 saturated carbocycles. The summed E-state index contributed by atoms with van der Waals surface area (Å²) < 4.78 is 5.80. The van der Waals surface area contributed by atoms with Crippen LogP contribution in [0, 0.1) is 0 Å². The summed E-state index contributed by atoms with van der Waals surface area (Å²) in [5.74, 6) is -0.818. The van der Waals surface area contributed by atoms with E-state index in [1.807, 2.05) is 0 Å². The van der Waals surface area contributed by atoms with Gasteiger partial charge in [-0.05, 0) is 35.9 Å². The van der Waals surface area contributed by atoms with Crippen LogP contribution in [0.1, 0.15) is 15.9 Å². The van der Waals surface area contributed by atoms with Crippen LogP contribution in [0.25, 0.3) is 6.08 Å². The lowest BCUT2D eigenvalue weighted by atomic mass is 10.1. The highest BCUT2D eigenvalue weighted by Crippen LogP contribution is 2.12. The van der Waals surface area contributed by atoms with Gasteiger partial charge in [0.15, 0.2) is 12.4 Å². The number of carbonyl (C=O) groups is 2. The largest absolute Gasteiger partial charge is 0.454 e. The van der Waals surface area contributed by atoms with Gasteiger partial charge in [0.25, 0.3) is 0 Å². The molecule has 2 aromatic rings. The van der Waals surface area contributed by atoms with Crippen molar-refractivity contribution >= 4 is 45.4 Å². The van der Waals surface area contributed by atoms with Gasteiger partial charge in [-0.15, -0.1) is 0 Å². The van der Waals surface area contributed by atoms with Gasteiger partial charge in [-0.1, -0.05) is 51.8 Å². The Bertz CT molecular complexity index is 691. The topological polar surface area (TPSA) is 43.4 Å². The second-order valence-corrected chi connectivity index (χ2v) is 5.77. The van der Waals surface area contributed by atoms with E-state index in [1.54, 1.807) is 54.6 Å². The van der Waals surface area contributed by atoms with Crippen molar-refractivity contribution < 1.29 is 14.3 Å². The molecule has 112 valence electrons. The van der Waals surface area contributed by atoms with E-state index in [2.05, 4.69) is 15.9 Å². The van der Waals surface area contributed by atoms with E-state index in [1.165, 1.54) is 6.08 Å². The minimum absolute atomic E-state index is 0.249. The van der Waals surface area contributed by atoms with Crippen LogP contribution >= 0.6 is 27.5 Å². The standard InChI is InChI=1S/C17H12BrClO3/c18-14-6-4-13(5-7-14)16(20)11-22-17(21)10-3-12-1-8-15(19)9-2-12/h1-10H,11H2. The van der Waals surface area contributed by atoms with Gasteiger partial charge in [-0.2, -0.15) is 0 Å². The van der Waals surface area contributed by atoms with Gasteiger partial charge in [-0.3, -0.25) is 4.79 Å². The molecule has 0 aliphatic heterocycles. The predicted octanol–water partition coefficient (Wildman–Crippen LogP) is 4.54. The summed E-state index contributed by atoms with van der Waals surface area (Å²) >= 11 is 9.06. The quantitative estimate of drug-likeness (QED) is 0.435. The molecule has 2 aromatic carbocycles. The third-order valence-electron chi connectivity index (χ3n) is 2.79. The van der Waals surface area contributed by atoms with Gasteiger partial charge in [-0.25, -0.2) is 4.79 Å². The Morgan fingerprint density at radius 1 is 1.05 bits per heavy atom. The van der Waals surface area contributed by atoms with E-state index in [4.69, 9.17) is 16.3 Å². The van der Waals surface area contributed by atoms with E-state index in [0.717, 1.165) is 10.0 Å². The molecule has 0 bridgehead atoms. The Labute approximate surface area is 141 Å². The van der Waals surface area contributed by atoms with Gasteiger partial charge in [0.05, 0.1) is 0 Å². The van der Waals surface area contributed by atoms with E-state index in [0.29, 0.717) is 10.6 Å². The van der Waals surface area contributed by atoms with E-state index in [-0.39, 0.29) is 12.4 Å². The van der Waals surface area contributed by atoms with Gasteiger partial charge < -0.3 is 4.74 Å². The molecule has 5 heteroatoms. The number of esters is 1. The SMILES string of the molecule is O=C(C=Cc1ccc(Cl)cc1)OCC(=O)c1ccc(Br)cc1. The minimum atomic E-state index is -0.569. The van der Waals surface area contributed by atoms with Crippen molar-refractivity contribution in [2.45, 2.75) is 0 Å². The van der Waals surface area contributed by atoms with Crippen LogP contribution in [-0.4, -0.2) is 18.4 Å². The molecule has 0 aliphatic rings. The zero-order chi connectivity index (χ0) is 15.9. The fourth-order valence-corrected chi connectivity index (χ4v) is 2.03. The average molecular weight is 380 g/mol. The van der Waals surface area contributed by atoms with Crippen LogP contribution in [-0.2, 0) is 9.53 Å². The highest BCUT2D eigenvalue weighted by molar-refractivity contribution is 9.10. The van der Waals surface area contributed by atoms with Crippen LogP contribution in [0.15, 0.2) is 59.1 Å². The van der Waals surface area contributed by atoms with Crippen LogP contribution < -0.4 is 0 Å². The maximum Gasteiger partial charge on any atom is 0.331 e. The summed E-state index contributed by atoms with van der Waals surface area (Å²) in [6, 6.07) is 13.9. The molecule has 0 aromatic heterocycles. The average Bonchev–Trinajstić information content (AvgIpc) is 2.52. The summed E-state index contributed by atoms with van der Waals surface area (Å²) in [6.07, 6.45) is 2.88. The Morgan fingerprint density at radius 3 is 2.32 bits per heavy atom. The second kappa shape index (κ2) is 7.92. The summed E-state index contributed by atoms with van der Waals surface area (Å²) in [6.45, 7) is -0.286. The fraction of sp³-hybridized carbons (Fsp3) is 0.0588. The number of rotatable bonds is 5. The zero-order valence-corrected chi connectivity index (χ0v) is 13.8. The van der Waals surface area contributed by atoms with E-state index in [9.17, 15) is 9.59 Å². The van der Waals surface area contributed by atoms with Crippen molar-refractivity contribution in [3.8, 4) is 0 Å². The van der Waals surface area contributed by atoms with Gasteiger partial charge in [0, 0.05) is 21.1 Å². The summed E-state index contributed by atoms with van der Waals surface area (Å²) in [7, 11) is 0. The number of Topliss-reactive ketones (excluding diaryl/α,β-unsaturated/α-hetero) is 1. The van der Waals surface area contributed by atoms with Crippen molar-refractivity contribution in [1.82, 2.24) is 0 Å². The Kier molecular flexibility index (Phi) is 5.92. The molecule has 0 heterocycles. The first-order valence-corrected chi connectivity index (χ1v) is 7.61. The molecule has 0 saturated heterocycles. The van der Waals surface area contributed by atoms with E-state index < -0.39 is 5.97 Å². The lowest BCUT2D eigenvalue weighted by molar-refractivity contribution is -0.136. The molecular formula is C17H12BrClO3. The smallest absolute Gasteiger partial charge is 0.331 e. The molecule has 0 amide bonds. The molecule has 3 nitrogen and oxygen atoms in total. The molecule has 0 unspecified atom stereocenters. The molecule has 0 atom stereocenters. The van der Waals surface area contributed by atoms with Gasteiger partial charge in [0.1, 0.15) is 0 Å². The molecule has 0 N–H and O–H groups in total. The molecule has 0 aliphatic carbocycles. The normalized spacial score (nSPS) is 10.6. The first-order chi connectivity index (χ1) is 10.5. The van der Waals surface area contributed by atoms with Gasteiger partial charge >= 0.3 is 5.97 Å². The molecule has 0 spiro atoms. The lowest BCUT2D eigenvalue weighted by Crippen LogP contribution is -2.12. The predicted molar refractivity (Wildman–Crippen MR) is 89.9 cm³/mol. The van der Waals surface area contributed by atoms with Crippen LogP contribution in [0.5, 0.6) is 0 Å². The number of benzene rings is 2. The van der Waals surface area contributed by atoms with Crippen molar-refractivity contribution in [3.05, 3.63) is 75.2 Å². The van der Waals surface area contributed by atoms with E-state index >= 15 is 0 Å². The van der Waals surface area contributed by atoms with Crippen molar-refractivity contribution in [2.75, 3.05) is 6.61 Å². The third kappa shape index (κ3) is 5.13. The maximum atomic E-state index is 11.8. The number of carbonyl (C=O) groups excluding carboxylic acids is 2. The van der Waals surface area contributed by atoms with Gasteiger partial charge in [0.2, 0.25) is 0 Å². The Balaban J connectivity index is 1.86. The fourth-order valence-electron chi connectivity index (χ4n) is 1.64. The monoisotopic (exact) mass is 378 g/mol. The van der Waals surface area contributed by atoms with Crippen LogP contribution in [0.3, 0.4) is 0 Å². The molecule has 22 heavy (non-hydrogen) atoms. The maximum absolute atomic E-state index is 11.8. The number of ether oxygens (including phenoxy) is 1.